The first-order valence-electron chi connectivity index (χ1n) is 10.3. The number of benzene rings is 3. The highest BCUT2D eigenvalue weighted by molar-refractivity contribution is 6.06. The van der Waals surface area contributed by atoms with Crippen LogP contribution < -0.4 is 24.4 Å². The van der Waals surface area contributed by atoms with Gasteiger partial charge in [0.1, 0.15) is 11.6 Å². The van der Waals surface area contributed by atoms with Crippen LogP contribution in [0.4, 0.5) is 15.8 Å². The smallest absolute Gasteiger partial charge is 0.268 e. The van der Waals surface area contributed by atoms with Gasteiger partial charge in [-0.15, -0.1) is 0 Å². The summed E-state index contributed by atoms with van der Waals surface area (Å²) in [7, 11) is 3.01. The highest BCUT2D eigenvalue weighted by atomic mass is 19.1. The standard InChI is InChI=1S/C25H23FN2O5/c1-15-25(30)28(14-17-6-4-5-7-19(17)26)20-13-18(9-11-21(20)33-15)27-24(29)16-8-10-22(31-2)23(12-16)32-3/h4-13,15H,14H2,1-3H3,(H,27,29). The van der Waals surface area contributed by atoms with Gasteiger partial charge in [0.05, 0.1) is 26.5 Å². The number of nitrogens with zero attached hydrogens (tertiary/aromatic N) is 1. The fraction of sp³-hybridized carbons (Fsp3) is 0.200. The SMILES string of the molecule is COc1ccc(C(=O)Nc2ccc3c(c2)N(Cc2ccccc2F)C(=O)C(C)O3)cc1OC. The molecule has 3 aromatic rings. The predicted octanol–water partition coefficient (Wildman–Crippen LogP) is 4.41. The van der Waals surface area contributed by atoms with Crippen molar-refractivity contribution in [3.05, 3.63) is 77.6 Å². The highest BCUT2D eigenvalue weighted by Crippen LogP contribution is 2.37. The second-order valence-corrected chi connectivity index (χ2v) is 7.48. The molecule has 0 saturated carbocycles. The number of rotatable bonds is 6. The maximum atomic E-state index is 14.3. The first-order chi connectivity index (χ1) is 15.9. The molecule has 4 rings (SSSR count). The van der Waals surface area contributed by atoms with Crippen molar-refractivity contribution < 1.29 is 28.2 Å². The van der Waals surface area contributed by atoms with Crippen LogP contribution >= 0.6 is 0 Å². The quantitative estimate of drug-likeness (QED) is 0.602. The average Bonchev–Trinajstić information content (AvgIpc) is 2.83. The van der Waals surface area contributed by atoms with Crippen molar-refractivity contribution >= 4 is 23.2 Å². The molecule has 1 atom stereocenters. The van der Waals surface area contributed by atoms with Crippen LogP contribution in [0.25, 0.3) is 0 Å². The second kappa shape index (κ2) is 9.20. The zero-order valence-corrected chi connectivity index (χ0v) is 18.4. The van der Waals surface area contributed by atoms with Gasteiger partial charge in [-0.1, -0.05) is 18.2 Å². The van der Waals surface area contributed by atoms with Crippen molar-refractivity contribution in [2.45, 2.75) is 19.6 Å². The zero-order chi connectivity index (χ0) is 23.5. The van der Waals surface area contributed by atoms with Crippen LogP contribution in [0.3, 0.4) is 0 Å². The number of carbonyl (C=O) groups is 2. The van der Waals surface area contributed by atoms with E-state index in [0.29, 0.717) is 39.8 Å². The van der Waals surface area contributed by atoms with Gasteiger partial charge in [0, 0.05) is 16.8 Å². The van der Waals surface area contributed by atoms with Crippen LogP contribution in [0.2, 0.25) is 0 Å². The van der Waals surface area contributed by atoms with Crippen molar-refractivity contribution in [2.24, 2.45) is 0 Å². The van der Waals surface area contributed by atoms with E-state index in [1.807, 2.05) is 0 Å². The van der Waals surface area contributed by atoms with Gasteiger partial charge >= 0.3 is 0 Å². The first kappa shape index (κ1) is 22.1. The summed E-state index contributed by atoms with van der Waals surface area (Å²) in [6.45, 7) is 1.69. The third-order valence-corrected chi connectivity index (χ3v) is 5.36. The molecule has 33 heavy (non-hydrogen) atoms. The van der Waals surface area contributed by atoms with E-state index in [9.17, 15) is 14.0 Å². The van der Waals surface area contributed by atoms with E-state index >= 15 is 0 Å². The number of methoxy groups -OCH3 is 2. The van der Waals surface area contributed by atoms with E-state index in [1.54, 1.807) is 61.5 Å². The molecular weight excluding hydrogens is 427 g/mol. The molecule has 0 fully saturated rings. The summed E-state index contributed by atoms with van der Waals surface area (Å²) >= 11 is 0. The van der Waals surface area contributed by atoms with Gasteiger partial charge in [-0.25, -0.2) is 4.39 Å². The topological polar surface area (TPSA) is 77.1 Å². The lowest BCUT2D eigenvalue weighted by molar-refractivity contribution is -0.125. The van der Waals surface area contributed by atoms with E-state index in [1.165, 1.54) is 25.2 Å². The van der Waals surface area contributed by atoms with E-state index in [4.69, 9.17) is 14.2 Å². The molecule has 7 nitrogen and oxygen atoms in total. The van der Waals surface area contributed by atoms with Crippen LogP contribution in [0.15, 0.2) is 60.7 Å². The Kier molecular flexibility index (Phi) is 6.17. The second-order valence-electron chi connectivity index (χ2n) is 7.48. The number of ether oxygens (including phenoxy) is 3. The van der Waals surface area contributed by atoms with Crippen LogP contribution in [0.5, 0.6) is 17.2 Å². The van der Waals surface area contributed by atoms with E-state index in [2.05, 4.69) is 5.32 Å². The molecule has 1 aliphatic heterocycles. The van der Waals surface area contributed by atoms with Gasteiger partial charge in [0.15, 0.2) is 17.6 Å². The summed E-state index contributed by atoms with van der Waals surface area (Å²) in [6.07, 6.45) is -0.712. The number of fused-ring (bicyclic) bond motifs is 1. The molecule has 1 unspecified atom stereocenters. The van der Waals surface area contributed by atoms with Gasteiger partial charge in [0.2, 0.25) is 0 Å². The maximum absolute atomic E-state index is 14.3. The molecule has 0 aliphatic carbocycles. The van der Waals surface area contributed by atoms with Gasteiger partial charge < -0.3 is 24.4 Å². The molecule has 0 spiro atoms. The molecule has 2 amide bonds. The van der Waals surface area contributed by atoms with Gasteiger partial charge in [-0.2, -0.15) is 0 Å². The number of halogens is 1. The Bertz CT molecular complexity index is 1210. The summed E-state index contributed by atoms with van der Waals surface area (Å²) in [6, 6.07) is 16.1. The normalized spacial score (nSPS) is 14.8. The van der Waals surface area contributed by atoms with Gasteiger partial charge in [0.25, 0.3) is 11.8 Å². The lowest BCUT2D eigenvalue weighted by Gasteiger charge is -2.33. The zero-order valence-electron chi connectivity index (χ0n) is 18.4. The third-order valence-electron chi connectivity index (χ3n) is 5.36. The number of nitrogens with one attached hydrogen (secondary N) is 1. The minimum Gasteiger partial charge on any atom is -0.493 e. The highest BCUT2D eigenvalue weighted by Gasteiger charge is 2.32. The molecule has 0 bridgehead atoms. The molecule has 1 N–H and O–H groups in total. The number of hydrogen-bond donors (Lipinski definition) is 1. The lowest BCUT2D eigenvalue weighted by Crippen LogP contribution is -2.44. The Balaban J connectivity index is 1.62. The van der Waals surface area contributed by atoms with Crippen molar-refractivity contribution in [3.8, 4) is 17.2 Å². The van der Waals surface area contributed by atoms with Gasteiger partial charge in [-0.05, 0) is 49.4 Å². The molecule has 170 valence electrons. The first-order valence-corrected chi connectivity index (χ1v) is 10.3. The molecule has 1 heterocycles. The van der Waals surface area contributed by atoms with Gasteiger partial charge in [-0.3, -0.25) is 9.59 Å². The summed E-state index contributed by atoms with van der Waals surface area (Å²) in [5.74, 6) is 0.351. The molecule has 0 radical (unpaired) electrons. The Morgan fingerprint density at radius 3 is 2.55 bits per heavy atom. The molecule has 1 aliphatic rings. The minimum absolute atomic E-state index is 0.0410. The number of carbonyl (C=O) groups excluding carboxylic acids is 2. The largest absolute Gasteiger partial charge is 0.493 e. The van der Waals surface area contributed by atoms with Crippen molar-refractivity contribution in [2.75, 3.05) is 24.4 Å². The van der Waals surface area contributed by atoms with E-state index in [-0.39, 0.29) is 18.4 Å². The maximum Gasteiger partial charge on any atom is 0.268 e. The molecule has 3 aromatic carbocycles. The summed E-state index contributed by atoms with van der Waals surface area (Å²) in [5.41, 5.74) is 1.66. The van der Waals surface area contributed by atoms with Crippen molar-refractivity contribution in [3.63, 3.8) is 0 Å². The van der Waals surface area contributed by atoms with Crippen molar-refractivity contribution in [1.29, 1.82) is 0 Å². The van der Waals surface area contributed by atoms with E-state index < -0.39 is 11.9 Å². The molecule has 0 saturated heterocycles. The Morgan fingerprint density at radius 2 is 1.82 bits per heavy atom. The number of anilines is 2. The number of hydrogen-bond acceptors (Lipinski definition) is 5. The molecule has 0 aromatic heterocycles. The number of amides is 2. The Hall–Kier alpha value is -4.07. The molecule has 8 heteroatoms. The van der Waals surface area contributed by atoms with Crippen molar-refractivity contribution in [1.82, 2.24) is 0 Å². The monoisotopic (exact) mass is 450 g/mol. The fourth-order valence-electron chi connectivity index (χ4n) is 3.63. The predicted molar refractivity (Wildman–Crippen MR) is 122 cm³/mol. The van der Waals surface area contributed by atoms with Crippen LogP contribution in [0, 0.1) is 5.82 Å². The third kappa shape index (κ3) is 4.45. The fourth-order valence-corrected chi connectivity index (χ4v) is 3.63. The summed E-state index contributed by atoms with van der Waals surface area (Å²) in [4.78, 5) is 27.1. The summed E-state index contributed by atoms with van der Waals surface area (Å²) in [5, 5.41) is 2.82. The Labute approximate surface area is 190 Å². The Morgan fingerprint density at radius 1 is 1.06 bits per heavy atom. The summed E-state index contributed by atoms with van der Waals surface area (Å²) < 4.78 is 30.4. The van der Waals surface area contributed by atoms with Crippen LogP contribution in [0.1, 0.15) is 22.8 Å². The van der Waals surface area contributed by atoms with Crippen LogP contribution in [-0.2, 0) is 11.3 Å². The lowest BCUT2D eigenvalue weighted by atomic mass is 10.1. The van der Waals surface area contributed by atoms with Crippen LogP contribution in [-0.4, -0.2) is 32.1 Å². The average molecular weight is 450 g/mol. The van der Waals surface area contributed by atoms with E-state index in [0.717, 1.165) is 0 Å². The molecular formula is C25H23FN2O5. The minimum atomic E-state index is -0.712.